The normalized spacial score (nSPS) is 14.4. The number of rotatable bonds is 7. The van der Waals surface area contributed by atoms with Crippen LogP contribution in [0.15, 0.2) is 66.7 Å². The van der Waals surface area contributed by atoms with E-state index in [1.807, 2.05) is 42.5 Å². The molecule has 3 N–H and O–H groups in total. The van der Waals surface area contributed by atoms with Crippen molar-refractivity contribution in [3.63, 3.8) is 0 Å². The molecule has 1 aliphatic carbocycles. The second kappa shape index (κ2) is 11.3. The van der Waals surface area contributed by atoms with Gasteiger partial charge in [0, 0.05) is 15.8 Å². The van der Waals surface area contributed by atoms with E-state index in [1.54, 1.807) is 14.0 Å². The van der Waals surface area contributed by atoms with Crippen LogP contribution in [0.2, 0.25) is 0 Å². The third-order valence-corrected chi connectivity index (χ3v) is 9.71. The molecule has 0 spiro atoms. The van der Waals surface area contributed by atoms with Crippen molar-refractivity contribution in [1.82, 2.24) is 4.98 Å². The van der Waals surface area contributed by atoms with Gasteiger partial charge in [0.25, 0.3) is 5.91 Å². The topological polar surface area (TPSA) is 104 Å². The average Bonchev–Trinajstić information content (AvgIpc) is 3.53. The number of nitrogen functional groups attached to an aromatic ring is 1. The highest BCUT2D eigenvalue weighted by atomic mass is 32.1. The Morgan fingerprint density at radius 1 is 1.05 bits per heavy atom. The number of benzene rings is 2. The summed E-state index contributed by atoms with van der Waals surface area (Å²) in [4.78, 5) is 33.6. The second-order valence-corrected chi connectivity index (χ2v) is 12.0. The van der Waals surface area contributed by atoms with E-state index >= 15 is 0 Å². The summed E-state index contributed by atoms with van der Waals surface area (Å²) in [5.41, 5.74) is 11.3. The van der Waals surface area contributed by atoms with Gasteiger partial charge in [-0.2, -0.15) is 0 Å². The molecule has 0 saturated heterocycles. The average molecular weight is 584 g/mol. The van der Waals surface area contributed by atoms with Crippen molar-refractivity contribution in [1.29, 1.82) is 0 Å². The number of methoxy groups -OCH3 is 1. The van der Waals surface area contributed by atoms with Crippen LogP contribution >= 0.6 is 22.7 Å². The van der Waals surface area contributed by atoms with E-state index in [2.05, 4.69) is 29.6 Å². The lowest BCUT2D eigenvalue weighted by molar-refractivity contribution is 0.0526. The number of nitrogens with one attached hydrogen (secondary N) is 1. The van der Waals surface area contributed by atoms with Crippen LogP contribution < -0.4 is 15.8 Å². The maximum absolute atomic E-state index is 13.6. The number of esters is 1. The number of carbonyl (C=O) groups excluding carboxylic acids is 2. The zero-order chi connectivity index (χ0) is 28.5. The van der Waals surface area contributed by atoms with Gasteiger partial charge >= 0.3 is 5.97 Å². The number of hydrogen-bond acceptors (Lipinski definition) is 8. The number of hydrogen-bond donors (Lipinski definition) is 2. The third kappa shape index (κ3) is 5.18. The Morgan fingerprint density at radius 2 is 1.83 bits per heavy atom. The quantitative estimate of drug-likeness (QED) is 0.195. The molecule has 7 nitrogen and oxygen atoms in total. The highest BCUT2D eigenvalue weighted by molar-refractivity contribution is 7.21. The fourth-order valence-electron chi connectivity index (χ4n) is 5.35. The molecule has 41 heavy (non-hydrogen) atoms. The van der Waals surface area contributed by atoms with Crippen LogP contribution in [-0.2, 0) is 17.6 Å². The molecule has 9 heteroatoms. The van der Waals surface area contributed by atoms with Gasteiger partial charge in [0.2, 0.25) is 0 Å². The van der Waals surface area contributed by atoms with Gasteiger partial charge in [-0.1, -0.05) is 30.3 Å². The van der Waals surface area contributed by atoms with Gasteiger partial charge < -0.3 is 20.5 Å². The number of ether oxygens (including phenoxy) is 2. The molecule has 208 valence electrons. The van der Waals surface area contributed by atoms with Gasteiger partial charge in [0.05, 0.1) is 30.7 Å². The number of nitrogens with zero attached hydrogens (tertiary/aromatic N) is 1. The monoisotopic (exact) mass is 583 g/mol. The predicted octanol–water partition coefficient (Wildman–Crippen LogP) is 7.32. The summed E-state index contributed by atoms with van der Waals surface area (Å²) in [5.74, 6) is 0.362. The highest BCUT2D eigenvalue weighted by Crippen LogP contribution is 2.43. The molecule has 0 bridgehead atoms. The van der Waals surface area contributed by atoms with Gasteiger partial charge in [-0.15, -0.1) is 22.7 Å². The molecule has 1 aliphatic rings. The Hall–Kier alpha value is -4.21. The maximum Gasteiger partial charge on any atom is 0.341 e. The van der Waals surface area contributed by atoms with Crippen molar-refractivity contribution in [2.45, 2.75) is 32.1 Å². The summed E-state index contributed by atoms with van der Waals surface area (Å²) < 4.78 is 10.7. The molecule has 0 aliphatic heterocycles. The first-order valence-corrected chi connectivity index (χ1v) is 15.1. The zero-order valence-corrected chi connectivity index (χ0v) is 24.4. The predicted molar refractivity (Wildman–Crippen MR) is 165 cm³/mol. The smallest absolute Gasteiger partial charge is 0.341 e. The van der Waals surface area contributed by atoms with Crippen molar-refractivity contribution in [2.75, 3.05) is 24.8 Å². The Kier molecular flexibility index (Phi) is 7.47. The van der Waals surface area contributed by atoms with Gasteiger partial charge in [0.1, 0.15) is 20.5 Å². The summed E-state index contributed by atoms with van der Waals surface area (Å²) in [7, 11) is 1.63. The number of thiophene rings is 2. The van der Waals surface area contributed by atoms with Crippen LogP contribution in [0.5, 0.6) is 5.75 Å². The van der Waals surface area contributed by atoms with E-state index < -0.39 is 5.97 Å². The summed E-state index contributed by atoms with van der Waals surface area (Å²) in [6.45, 7) is 2.04. The molecule has 0 fully saturated rings. The van der Waals surface area contributed by atoms with E-state index in [0.717, 1.165) is 52.1 Å². The molecule has 1 unspecified atom stereocenters. The molecular weight excluding hydrogens is 555 g/mol. The largest absolute Gasteiger partial charge is 0.497 e. The number of carbonyl (C=O) groups is 2. The minimum Gasteiger partial charge on any atom is -0.497 e. The first-order chi connectivity index (χ1) is 20.0. The van der Waals surface area contributed by atoms with Crippen molar-refractivity contribution in [3.8, 4) is 17.0 Å². The van der Waals surface area contributed by atoms with E-state index in [1.165, 1.54) is 28.2 Å². The lowest BCUT2D eigenvalue weighted by atomic mass is 9.83. The van der Waals surface area contributed by atoms with Crippen LogP contribution in [-0.4, -0.2) is 30.6 Å². The number of aromatic nitrogens is 1. The van der Waals surface area contributed by atoms with Crippen molar-refractivity contribution >= 4 is 55.5 Å². The number of anilines is 2. The van der Waals surface area contributed by atoms with Gasteiger partial charge in [-0.25, -0.2) is 9.78 Å². The van der Waals surface area contributed by atoms with Crippen molar-refractivity contribution < 1.29 is 19.1 Å². The fraction of sp³-hybridized carbons (Fsp3) is 0.219. The molecule has 0 saturated carbocycles. The highest BCUT2D eigenvalue weighted by Gasteiger charge is 2.31. The van der Waals surface area contributed by atoms with E-state index in [9.17, 15) is 9.59 Å². The van der Waals surface area contributed by atoms with Crippen LogP contribution in [0.3, 0.4) is 0 Å². The Balaban J connectivity index is 1.30. The van der Waals surface area contributed by atoms with Crippen molar-refractivity contribution in [2.24, 2.45) is 0 Å². The molecule has 3 heterocycles. The van der Waals surface area contributed by atoms with E-state index in [0.29, 0.717) is 31.9 Å². The van der Waals surface area contributed by atoms with E-state index in [4.69, 9.17) is 20.2 Å². The van der Waals surface area contributed by atoms with Gasteiger partial charge in [0.15, 0.2) is 0 Å². The van der Waals surface area contributed by atoms with Crippen LogP contribution in [0, 0.1) is 0 Å². The number of pyridine rings is 1. The number of amides is 1. The van der Waals surface area contributed by atoms with Gasteiger partial charge in [-0.05, 0) is 79.6 Å². The standard InChI is InChI=1S/C32H29N3O4S2/c1-3-39-32(37)26-22-14-11-20(18-7-5-4-6-8-18)17-25(22)40-31(26)35-29(36)28-27(33)23-15-16-24(34-30(23)41-28)19-9-12-21(38-2)13-10-19/h4-10,12-13,15-16,20H,3,11,14,17,33H2,1-2H3,(H,35,36). The van der Waals surface area contributed by atoms with E-state index in [-0.39, 0.29) is 12.5 Å². The molecule has 3 aromatic heterocycles. The van der Waals surface area contributed by atoms with Crippen LogP contribution in [0.1, 0.15) is 55.3 Å². The molecule has 2 aromatic carbocycles. The summed E-state index contributed by atoms with van der Waals surface area (Å²) in [6, 6.07) is 21.9. The molecule has 6 rings (SSSR count). The van der Waals surface area contributed by atoms with Crippen molar-refractivity contribution in [3.05, 3.63) is 93.2 Å². The molecule has 1 atom stereocenters. The molecule has 5 aromatic rings. The first-order valence-electron chi connectivity index (χ1n) is 13.5. The number of fused-ring (bicyclic) bond motifs is 2. The summed E-state index contributed by atoms with van der Waals surface area (Å²) in [6.07, 6.45) is 2.49. The second-order valence-electron chi connectivity index (χ2n) is 9.86. The Bertz CT molecular complexity index is 1740. The summed E-state index contributed by atoms with van der Waals surface area (Å²) >= 11 is 2.70. The van der Waals surface area contributed by atoms with Crippen LogP contribution in [0.4, 0.5) is 10.7 Å². The minimum atomic E-state index is -0.409. The molecule has 1 amide bonds. The number of nitrogens with two attached hydrogens (primary N) is 1. The van der Waals surface area contributed by atoms with Gasteiger partial charge in [-0.3, -0.25) is 4.79 Å². The molecule has 0 radical (unpaired) electrons. The minimum absolute atomic E-state index is 0.259. The Labute approximate surface area is 246 Å². The lowest BCUT2D eigenvalue weighted by Crippen LogP contribution is -2.17. The van der Waals surface area contributed by atoms with Crippen LogP contribution in [0.25, 0.3) is 21.5 Å². The Morgan fingerprint density at radius 3 is 2.56 bits per heavy atom. The molecular formula is C32H29N3O4S2. The summed E-state index contributed by atoms with van der Waals surface area (Å²) in [5, 5.41) is 4.24. The zero-order valence-electron chi connectivity index (χ0n) is 22.7. The third-order valence-electron chi connectivity index (χ3n) is 7.43. The maximum atomic E-state index is 13.6. The SMILES string of the molecule is CCOC(=O)c1c(NC(=O)c2sc3nc(-c4ccc(OC)cc4)ccc3c2N)sc2c1CCC(c1ccccc1)C2. The fourth-order valence-corrected chi connectivity index (χ4v) is 7.65. The lowest BCUT2D eigenvalue weighted by Gasteiger charge is -2.23. The first kappa shape index (κ1) is 27.0.